The Hall–Kier alpha value is -1.10. The predicted octanol–water partition coefficient (Wildman–Crippen LogP) is 2.14. The Morgan fingerprint density at radius 3 is 2.70 bits per heavy atom. The van der Waals surface area contributed by atoms with Gasteiger partial charge in [-0.05, 0) is 24.8 Å². The topological polar surface area (TPSA) is 55.6 Å². The molecule has 0 bridgehead atoms. The molecule has 2 atom stereocenters. The van der Waals surface area contributed by atoms with Crippen molar-refractivity contribution in [1.82, 2.24) is 4.90 Å². The molecule has 0 aromatic heterocycles. The summed E-state index contributed by atoms with van der Waals surface area (Å²) in [6.07, 6.45) is 3.48. The highest BCUT2D eigenvalue weighted by Gasteiger charge is 2.23. The molecule has 2 rings (SSSR count). The minimum absolute atomic E-state index is 0. The van der Waals surface area contributed by atoms with Crippen LogP contribution in [0.1, 0.15) is 30.9 Å². The van der Waals surface area contributed by atoms with E-state index in [9.17, 15) is 4.79 Å². The maximum absolute atomic E-state index is 12.3. The van der Waals surface area contributed by atoms with Gasteiger partial charge >= 0.3 is 0 Å². The molecule has 2 N–H and O–H groups in total. The molecular weight excluding hydrogens is 276 g/mol. The van der Waals surface area contributed by atoms with Crippen LogP contribution < -0.4 is 5.73 Å². The lowest BCUT2D eigenvalue weighted by Gasteiger charge is -2.29. The number of hydrogen-bond donors (Lipinski definition) is 1. The third-order valence-electron chi connectivity index (χ3n) is 3.55. The Morgan fingerprint density at radius 1 is 1.40 bits per heavy atom. The number of nitrogens with two attached hydrogens (primary N) is 1. The van der Waals surface area contributed by atoms with E-state index in [1.807, 2.05) is 30.3 Å². The number of benzene rings is 1. The van der Waals surface area contributed by atoms with Crippen molar-refractivity contribution >= 4 is 18.3 Å². The average Bonchev–Trinajstić information content (AvgIpc) is 2.47. The second-order valence-corrected chi connectivity index (χ2v) is 5.10. The Labute approximate surface area is 126 Å². The van der Waals surface area contributed by atoms with Gasteiger partial charge in [0.25, 0.3) is 0 Å². The van der Waals surface area contributed by atoms with Crippen LogP contribution in [-0.2, 0) is 9.53 Å². The zero-order chi connectivity index (χ0) is 13.7. The summed E-state index contributed by atoms with van der Waals surface area (Å²) in [7, 11) is 1.79. The first-order valence-electron chi connectivity index (χ1n) is 6.85. The fourth-order valence-corrected chi connectivity index (χ4v) is 2.39. The van der Waals surface area contributed by atoms with E-state index in [4.69, 9.17) is 10.5 Å². The smallest absolute Gasteiger partial charge is 0.243 e. The Bertz CT molecular complexity index is 408. The Morgan fingerprint density at radius 2 is 2.10 bits per heavy atom. The van der Waals surface area contributed by atoms with Gasteiger partial charge in [0.15, 0.2) is 0 Å². The van der Waals surface area contributed by atoms with Crippen molar-refractivity contribution in [3.05, 3.63) is 35.9 Å². The van der Waals surface area contributed by atoms with E-state index in [0.717, 1.165) is 25.0 Å². The molecule has 1 aliphatic heterocycles. The fourth-order valence-electron chi connectivity index (χ4n) is 2.39. The standard InChI is InChI=1S/C15H22N2O2.ClH/c1-17(11-13-9-5-6-10-19-13)15(18)14(16)12-7-3-2-4-8-12;/h2-4,7-8,13-14H,5-6,9-11,16H2,1H3;1H. The van der Waals surface area contributed by atoms with Gasteiger partial charge in [-0.2, -0.15) is 0 Å². The summed E-state index contributed by atoms with van der Waals surface area (Å²) in [6.45, 7) is 1.43. The Balaban J connectivity index is 0.00000200. The highest BCUT2D eigenvalue weighted by atomic mass is 35.5. The third kappa shape index (κ3) is 4.47. The van der Waals surface area contributed by atoms with Gasteiger partial charge < -0.3 is 15.4 Å². The number of hydrogen-bond acceptors (Lipinski definition) is 3. The van der Waals surface area contributed by atoms with Crippen LogP contribution in [0, 0.1) is 0 Å². The van der Waals surface area contributed by atoms with Crippen LogP contribution in [-0.4, -0.2) is 37.1 Å². The fraction of sp³-hybridized carbons (Fsp3) is 0.533. The van der Waals surface area contributed by atoms with Crippen LogP contribution in [0.4, 0.5) is 0 Å². The predicted molar refractivity (Wildman–Crippen MR) is 81.8 cm³/mol. The number of ether oxygens (including phenoxy) is 1. The monoisotopic (exact) mass is 298 g/mol. The third-order valence-corrected chi connectivity index (χ3v) is 3.55. The number of amides is 1. The van der Waals surface area contributed by atoms with Crippen molar-refractivity contribution in [3.63, 3.8) is 0 Å². The zero-order valence-corrected chi connectivity index (χ0v) is 12.6. The molecule has 20 heavy (non-hydrogen) atoms. The van der Waals surface area contributed by atoms with E-state index in [1.54, 1.807) is 11.9 Å². The SMILES string of the molecule is CN(CC1CCCCO1)C(=O)C(N)c1ccccc1.Cl. The number of halogens is 1. The van der Waals surface area contributed by atoms with E-state index >= 15 is 0 Å². The van der Waals surface area contributed by atoms with Crippen LogP contribution >= 0.6 is 12.4 Å². The van der Waals surface area contributed by atoms with Crippen molar-refractivity contribution in [2.45, 2.75) is 31.4 Å². The zero-order valence-electron chi connectivity index (χ0n) is 11.8. The van der Waals surface area contributed by atoms with Crippen molar-refractivity contribution < 1.29 is 9.53 Å². The molecule has 0 spiro atoms. The highest BCUT2D eigenvalue weighted by Crippen LogP contribution is 2.16. The number of carbonyl (C=O) groups excluding carboxylic acids is 1. The van der Waals surface area contributed by atoms with Crippen LogP contribution in [0.3, 0.4) is 0 Å². The molecule has 2 unspecified atom stereocenters. The lowest BCUT2D eigenvalue weighted by molar-refractivity contribution is -0.133. The van der Waals surface area contributed by atoms with Gasteiger partial charge in [0.2, 0.25) is 5.91 Å². The highest BCUT2D eigenvalue weighted by molar-refractivity contribution is 5.85. The van der Waals surface area contributed by atoms with Crippen LogP contribution in [0.2, 0.25) is 0 Å². The maximum atomic E-state index is 12.3. The summed E-state index contributed by atoms with van der Waals surface area (Å²) in [5.41, 5.74) is 6.86. The molecule has 1 aromatic carbocycles. The van der Waals surface area contributed by atoms with Crippen molar-refractivity contribution in [2.75, 3.05) is 20.2 Å². The van der Waals surface area contributed by atoms with Gasteiger partial charge in [-0.3, -0.25) is 4.79 Å². The van der Waals surface area contributed by atoms with E-state index in [0.29, 0.717) is 6.54 Å². The molecule has 1 aliphatic rings. The molecule has 1 aromatic rings. The summed E-state index contributed by atoms with van der Waals surface area (Å²) in [5.74, 6) is -0.0552. The summed E-state index contributed by atoms with van der Waals surface area (Å²) in [5, 5.41) is 0. The quantitative estimate of drug-likeness (QED) is 0.926. The van der Waals surface area contributed by atoms with Gasteiger partial charge in [-0.1, -0.05) is 30.3 Å². The molecule has 5 heteroatoms. The first-order chi connectivity index (χ1) is 9.18. The van der Waals surface area contributed by atoms with E-state index in [2.05, 4.69) is 0 Å². The normalized spacial score (nSPS) is 19.8. The summed E-state index contributed by atoms with van der Waals surface area (Å²) < 4.78 is 5.65. The van der Waals surface area contributed by atoms with Crippen molar-refractivity contribution in [1.29, 1.82) is 0 Å². The van der Waals surface area contributed by atoms with E-state index in [-0.39, 0.29) is 24.4 Å². The lowest BCUT2D eigenvalue weighted by atomic mass is 10.1. The van der Waals surface area contributed by atoms with Gasteiger partial charge in [0.05, 0.1) is 6.10 Å². The average molecular weight is 299 g/mol. The summed E-state index contributed by atoms with van der Waals surface area (Å²) in [4.78, 5) is 14.0. The number of likely N-dealkylation sites (N-methyl/N-ethyl adjacent to an activating group) is 1. The maximum Gasteiger partial charge on any atom is 0.243 e. The van der Waals surface area contributed by atoms with Gasteiger partial charge in [-0.25, -0.2) is 0 Å². The van der Waals surface area contributed by atoms with Gasteiger partial charge in [-0.15, -0.1) is 12.4 Å². The van der Waals surface area contributed by atoms with Crippen molar-refractivity contribution in [2.24, 2.45) is 5.73 Å². The number of rotatable bonds is 4. The summed E-state index contributed by atoms with van der Waals surface area (Å²) in [6, 6.07) is 8.88. The number of carbonyl (C=O) groups is 1. The largest absolute Gasteiger partial charge is 0.376 e. The second kappa shape index (κ2) is 8.25. The van der Waals surface area contributed by atoms with Crippen LogP contribution in [0.25, 0.3) is 0 Å². The lowest BCUT2D eigenvalue weighted by Crippen LogP contribution is -2.41. The first kappa shape index (κ1) is 17.0. The molecule has 1 saturated heterocycles. The molecule has 0 saturated carbocycles. The molecular formula is C15H23ClN2O2. The molecule has 1 amide bonds. The van der Waals surface area contributed by atoms with Crippen LogP contribution in [0.5, 0.6) is 0 Å². The molecule has 0 aliphatic carbocycles. The van der Waals surface area contributed by atoms with Gasteiger partial charge in [0.1, 0.15) is 6.04 Å². The molecule has 4 nitrogen and oxygen atoms in total. The van der Waals surface area contributed by atoms with Crippen LogP contribution in [0.15, 0.2) is 30.3 Å². The summed E-state index contributed by atoms with van der Waals surface area (Å²) >= 11 is 0. The molecule has 1 fully saturated rings. The van der Waals surface area contributed by atoms with E-state index in [1.165, 1.54) is 6.42 Å². The van der Waals surface area contributed by atoms with Gasteiger partial charge in [0, 0.05) is 20.2 Å². The molecule has 112 valence electrons. The first-order valence-corrected chi connectivity index (χ1v) is 6.85. The molecule has 1 heterocycles. The number of nitrogens with zero attached hydrogens (tertiary/aromatic N) is 1. The minimum atomic E-state index is -0.588. The van der Waals surface area contributed by atoms with E-state index < -0.39 is 6.04 Å². The van der Waals surface area contributed by atoms with Crippen molar-refractivity contribution in [3.8, 4) is 0 Å². The molecule has 0 radical (unpaired) electrons. The minimum Gasteiger partial charge on any atom is -0.376 e. The second-order valence-electron chi connectivity index (χ2n) is 5.10. The Kier molecular flexibility index (Phi) is 6.99.